The monoisotopic (exact) mass is 169 g/mol. The second-order valence-electron chi connectivity index (χ2n) is 3.76. The average molecular weight is 169 g/mol. The van der Waals surface area contributed by atoms with Crippen LogP contribution in [-0.2, 0) is 0 Å². The molecule has 2 aliphatic heterocycles. The Morgan fingerprint density at radius 1 is 0.750 bits per heavy atom. The minimum absolute atomic E-state index is 1.07. The van der Waals surface area contributed by atoms with Gasteiger partial charge in [-0.15, -0.1) is 0 Å². The van der Waals surface area contributed by atoms with Gasteiger partial charge in [-0.05, 0) is 32.2 Å². The van der Waals surface area contributed by atoms with Crippen LogP contribution in [0.4, 0.5) is 0 Å². The minimum Gasteiger partial charge on any atom is -0.303 e. The first-order valence-corrected chi connectivity index (χ1v) is 5.17. The van der Waals surface area contributed by atoms with Crippen molar-refractivity contribution in [2.45, 2.75) is 25.7 Å². The summed E-state index contributed by atoms with van der Waals surface area (Å²) in [6.45, 7) is 6.08. The molecule has 0 amide bonds. The van der Waals surface area contributed by atoms with Crippen LogP contribution in [-0.4, -0.2) is 42.9 Å². The molecule has 0 aromatic rings. The molecule has 0 aromatic heterocycles. The number of nitrogens with zero attached hydrogens (tertiary/aromatic N) is 2. The highest BCUT2D eigenvalue weighted by molar-refractivity contribution is 4.67. The van der Waals surface area contributed by atoms with Gasteiger partial charge in [0, 0.05) is 19.6 Å². The highest BCUT2D eigenvalue weighted by Gasteiger charge is 2.19. The fourth-order valence-electron chi connectivity index (χ4n) is 2.06. The molecule has 2 aliphatic rings. The first-order valence-electron chi connectivity index (χ1n) is 5.17. The molecule has 0 unspecified atom stereocenters. The van der Waals surface area contributed by atoms with Crippen LogP contribution in [0.15, 0.2) is 0 Å². The summed E-state index contributed by atoms with van der Waals surface area (Å²) in [5.41, 5.74) is 0. The summed E-state index contributed by atoms with van der Waals surface area (Å²) >= 11 is 0. The molecular formula is C9H19N3. The van der Waals surface area contributed by atoms with Gasteiger partial charge >= 0.3 is 0 Å². The molecule has 0 bridgehead atoms. The third-order valence-corrected chi connectivity index (χ3v) is 2.80. The molecule has 3 nitrogen and oxygen atoms in total. The standard InChI is InChI=1S/C9H19N3/c1-2-8-12(9-10-5-1)11-6-3-4-7-11/h10H,1-9H2. The highest BCUT2D eigenvalue weighted by atomic mass is 15.6. The van der Waals surface area contributed by atoms with E-state index in [2.05, 4.69) is 15.3 Å². The van der Waals surface area contributed by atoms with Crippen molar-refractivity contribution in [2.75, 3.05) is 32.8 Å². The Morgan fingerprint density at radius 3 is 2.25 bits per heavy atom. The lowest BCUT2D eigenvalue weighted by Gasteiger charge is -2.30. The van der Waals surface area contributed by atoms with Gasteiger partial charge in [-0.2, -0.15) is 0 Å². The molecule has 70 valence electrons. The van der Waals surface area contributed by atoms with Crippen LogP contribution in [0.1, 0.15) is 25.7 Å². The summed E-state index contributed by atoms with van der Waals surface area (Å²) < 4.78 is 0. The number of hydrogen-bond acceptors (Lipinski definition) is 3. The van der Waals surface area contributed by atoms with Gasteiger partial charge in [0.15, 0.2) is 0 Å². The predicted molar refractivity (Wildman–Crippen MR) is 49.6 cm³/mol. The highest BCUT2D eigenvalue weighted by Crippen LogP contribution is 2.12. The van der Waals surface area contributed by atoms with Crippen LogP contribution in [0.3, 0.4) is 0 Å². The maximum absolute atomic E-state index is 3.46. The van der Waals surface area contributed by atoms with E-state index in [9.17, 15) is 0 Å². The zero-order chi connectivity index (χ0) is 8.23. The van der Waals surface area contributed by atoms with Gasteiger partial charge in [0.25, 0.3) is 0 Å². The first kappa shape index (κ1) is 8.48. The summed E-state index contributed by atoms with van der Waals surface area (Å²) in [5.74, 6) is 0. The van der Waals surface area contributed by atoms with Crippen molar-refractivity contribution in [2.24, 2.45) is 0 Å². The van der Waals surface area contributed by atoms with Crippen LogP contribution >= 0.6 is 0 Å². The third-order valence-electron chi connectivity index (χ3n) is 2.80. The van der Waals surface area contributed by atoms with Crippen LogP contribution in [0.5, 0.6) is 0 Å². The van der Waals surface area contributed by atoms with E-state index in [1.165, 1.54) is 51.9 Å². The van der Waals surface area contributed by atoms with E-state index < -0.39 is 0 Å². The zero-order valence-electron chi connectivity index (χ0n) is 7.76. The summed E-state index contributed by atoms with van der Waals surface area (Å²) in [6.07, 6.45) is 5.46. The lowest BCUT2D eigenvalue weighted by atomic mass is 10.3. The van der Waals surface area contributed by atoms with E-state index in [0.29, 0.717) is 0 Å². The van der Waals surface area contributed by atoms with Crippen molar-refractivity contribution in [3.63, 3.8) is 0 Å². The molecule has 0 aliphatic carbocycles. The van der Waals surface area contributed by atoms with Crippen molar-refractivity contribution >= 4 is 0 Å². The van der Waals surface area contributed by atoms with Gasteiger partial charge in [0.05, 0.1) is 6.67 Å². The second-order valence-corrected chi connectivity index (χ2v) is 3.76. The first-order chi connectivity index (χ1) is 5.97. The third kappa shape index (κ3) is 1.97. The molecule has 2 fully saturated rings. The minimum atomic E-state index is 1.07. The van der Waals surface area contributed by atoms with Crippen LogP contribution in [0, 0.1) is 0 Å². The summed E-state index contributed by atoms with van der Waals surface area (Å²) in [6, 6.07) is 0. The second kappa shape index (κ2) is 4.21. The van der Waals surface area contributed by atoms with Crippen molar-refractivity contribution in [1.29, 1.82) is 0 Å². The molecule has 2 saturated heterocycles. The van der Waals surface area contributed by atoms with E-state index in [-0.39, 0.29) is 0 Å². The van der Waals surface area contributed by atoms with E-state index in [4.69, 9.17) is 0 Å². The maximum Gasteiger partial charge on any atom is 0.0623 e. The Morgan fingerprint density at radius 2 is 1.42 bits per heavy atom. The number of hydrogen-bond donors (Lipinski definition) is 1. The van der Waals surface area contributed by atoms with Crippen molar-refractivity contribution < 1.29 is 0 Å². The molecule has 0 atom stereocenters. The van der Waals surface area contributed by atoms with E-state index in [1.54, 1.807) is 0 Å². The molecule has 1 N–H and O–H groups in total. The normalized spacial score (nSPS) is 29.0. The van der Waals surface area contributed by atoms with E-state index >= 15 is 0 Å². The fraction of sp³-hybridized carbons (Fsp3) is 1.00. The Bertz CT molecular complexity index is 124. The molecule has 0 aromatic carbocycles. The van der Waals surface area contributed by atoms with Crippen molar-refractivity contribution in [1.82, 2.24) is 15.3 Å². The quantitative estimate of drug-likeness (QED) is 0.621. The average Bonchev–Trinajstić information content (AvgIpc) is 2.48. The van der Waals surface area contributed by atoms with Gasteiger partial charge in [0.2, 0.25) is 0 Å². The van der Waals surface area contributed by atoms with Gasteiger partial charge in [-0.3, -0.25) is 0 Å². The van der Waals surface area contributed by atoms with Crippen molar-refractivity contribution in [3.05, 3.63) is 0 Å². The van der Waals surface area contributed by atoms with Gasteiger partial charge in [0.1, 0.15) is 0 Å². The van der Waals surface area contributed by atoms with Gasteiger partial charge in [-0.25, -0.2) is 10.0 Å². The van der Waals surface area contributed by atoms with Crippen LogP contribution < -0.4 is 5.32 Å². The number of rotatable bonds is 1. The lowest BCUT2D eigenvalue weighted by molar-refractivity contribution is -0.00491. The molecule has 2 heterocycles. The topological polar surface area (TPSA) is 18.5 Å². The maximum atomic E-state index is 3.46. The van der Waals surface area contributed by atoms with Crippen LogP contribution in [0.2, 0.25) is 0 Å². The summed E-state index contributed by atoms with van der Waals surface area (Å²) in [5, 5.41) is 8.46. The van der Waals surface area contributed by atoms with E-state index in [0.717, 1.165) is 6.67 Å². The van der Waals surface area contributed by atoms with Gasteiger partial charge < -0.3 is 5.32 Å². The fourth-order valence-corrected chi connectivity index (χ4v) is 2.06. The molecule has 3 heteroatoms. The van der Waals surface area contributed by atoms with E-state index in [1.807, 2.05) is 0 Å². The van der Waals surface area contributed by atoms with Gasteiger partial charge in [-0.1, -0.05) is 0 Å². The number of hydrazine groups is 1. The zero-order valence-corrected chi connectivity index (χ0v) is 7.76. The SMILES string of the molecule is C1CCN(N2CCCC2)CNC1. The lowest BCUT2D eigenvalue weighted by Crippen LogP contribution is -2.44. The molecule has 0 radical (unpaired) electrons. The molecule has 0 spiro atoms. The Labute approximate surface area is 74.7 Å². The number of nitrogens with one attached hydrogen (secondary N) is 1. The predicted octanol–water partition coefficient (Wildman–Crippen LogP) is 0.640. The summed E-state index contributed by atoms with van der Waals surface area (Å²) in [4.78, 5) is 0. The largest absolute Gasteiger partial charge is 0.303 e. The molecule has 2 rings (SSSR count). The Hall–Kier alpha value is -0.120. The Kier molecular flexibility index (Phi) is 2.98. The smallest absolute Gasteiger partial charge is 0.0623 e. The summed E-state index contributed by atoms with van der Waals surface area (Å²) in [7, 11) is 0. The molecule has 0 saturated carbocycles. The Balaban J connectivity index is 1.83. The van der Waals surface area contributed by atoms with Crippen molar-refractivity contribution in [3.8, 4) is 0 Å². The molecule has 12 heavy (non-hydrogen) atoms. The van der Waals surface area contributed by atoms with Crippen LogP contribution in [0.25, 0.3) is 0 Å². The molecular weight excluding hydrogens is 150 g/mol.